The first-order valence-corrected chi connectivity index (χ1v) is 7.38. The lowest BCUT2D eigenvalue weighted by Gasteiger charge is -2.10. The van der Waals surface area contributed by atoms with Crippen LogP contribution in [-0.2, 0) is 6.18 Å². The van der Waals surface area contributed by atoms with Gasteiger partial charge in [-0.2, -0.15) is 27.9 Å². The molecule has 3 rings (SSSR count). The normalized spacial score (nSPS) is 11.1. The summed E-state index contributed by atoms with van der Waals surface area (Å²) in [5.74, 6) is -1.36. The molecule has 0 unspecified atom stereocenters. The number of benzene rings is 1. The molecule has 0 aliphatic rings. The number of rotatable bonds is 3. The monoisotopic (exact) mass is 375 g/mol. The first-order valence-electron chi connectivity index (χ1n) is 7.38. The smallest absolute Gasteiger partial charge is 0.319 e. The molecule has 0 saturated carbocycles. The standard InChI is InChI=1S/C17H9F4N5O/c18-15-4-2-11(9-23-15)24-16(27)14-5-6-26(25-14)12-3-1-10(8-22)13(7-12)17(19,20)21/h1-7,9H,(H,24,27). The summed E-state index contributed by atoms with van der Waals surface area (Å²) in [5.41, 5.74) is -1.42. The third kappa shape index (κ3) is 3.92. The van der Waals surface area contributed by atoms with E-state index in [0.29, 0.717) is 0 Å². The number of alkyl halides is 3. The van der Waals surface area contributed by atoms with Crippen molar-refractivity contribution >= 4 is 11.6 Å². The summed E-state index contributed by atoms with van der Waals surface area (Å²) in [7, 11) is 0. The Kier molecular flexibility index (Phi) is 4.60. The van der Waals surface area contributed by atoms with Gasteiger partial charge in [-0.3, -0.25) is 4.79 Å². The van der Waals surface area contributed by atoms with Gasteiger partial charge in [0.25, 0.3) is 5.91 Å². The summed E-state index contributed by atoms with van der Waals surface area (Å²) in [6, 6.07) is 8.24. The van der Waals surface area contributed by atoms with Crippen molar-refractivity contribution in [2.24, 2.45) is 0 Å². The van der Waals surface area contributed by atoms with E-state index in [1.807, 2.05) is 0 Å². The van der Waals surface area contributed by atoms with Crippen molar-refractivity contribution in [2.75, 3.05) is 5.32 Å². The summed E-state index contributed by atoms with van der Waals surface area (Å²) in [6.07, 6.45) is -2.29. The van der Waals surface area contributed by atoms with Gasteiger partial charge in [-0.05, 0) is 36.4 Å². The largest absolute Gasteiger partial charge is 0.417 e. The lowest BCUT2D eigenvalue weighted by molar-refractivity contribution is -0.137. The molecule has 1 aromatic carbocycles. The summed E-state index contributed by atoms with van der Waals surface area (Å²) in [5, 5.41) is 15.2. The van der Waals surface area contributed by atoms with E-state index in [1.54, 1.807) is 0 Å². The fraction of sp³-hybridized carbons (Fsp3) is 0.0588. The zero-order valence-electron chi connectivity index (χ0n) is 13.3. The Morgan fingerprint density at radius 2 is 1.96 bits per heavy atom. The van der Waals surface area contributed by atoms with Gasteiger partial charge in [0.15, 0.2) is 5.69 Å². The van der Waals surface area contributed by atoms with Crippen LogP contribution in [0.4, 0.5) is 23.2 Å². The molecule has 0 atom stereocenters. The van der Waals surface area contributed by atoms with E-state index >= 15 is 0 Å². The van der Waals surface area contributed by atoms with Crippen molar-refractivity contribution in [3.05, 3.63) is 71.6 Å². The number of pyridine rings is 1. The Hall–Kier alpha value is -3.74. The number of nitrogens with zero attached hydrogens (tertiary/aromatic N) is 4. The van der Waals surface area contributed by atoms with Crippen molar-refractivity contribution in [3.8, 4) is 11.8 Å². The summed E-state index contributed by atoms with van der Waals surface area (Å²) in [6.45, 7) is 0. The van der Waals surface area contributed by atoms with Crippen LogP contribution in [0.2, 0.25) is 0 Å². The number of hydrogen-bond donors (Lipinski definition) is 1. The van der Waals surface area contributed by atoms with Gasteiger partial charge in [0, 0.05) is 6.20 Å². The molecule has 0 radical (unpaired) electrons. The van der Waals surface area contributed by atoms with Crippen molar-refractivity contribution in [2.45, 2.75) is 6.18 Å². The molecule has 0 fully saturated rings. The van der Waals surface area contributed by atoms with Crippen LogP contribution in [0.15, 0.2) is 48.8 Å². The second kappa shape index (κ2) is 6.87. The predicted octanol–water partition coefficient (Wildman–Crippen LogP) is 3.55. The number of halogens is 4. The van der Waals surface area contributed by atoms with Crippen LogP contribution in [-0.4, -0.2) is 20.7 Å². The molecular formula is C17H9F4N5O. The van der Waals surface area contributed by atoms with Crippen LogP contribution < -0.4 is 5.32 Å². The number of carbonyl (C=O) groups excluding carboxylic acids is 1. The molecule has 27 heavy (non-hydrogen) atoms. The van der Waals surface area contributed by atoms with Crippen LogP contribution >= 0.6 is 0 Å². The number of anilines is 1. The second-order valence-corrected chi connectivity index (χ2v) is 5.31. The molecule has 136 valence electrons. The molecule has 6 nitrogen and oxygen atoms in total. The highest BCUT2D eigenvalue weighted by molar-refractivity contribution is 6.02. The fourth-order valence-corrected chi connectivity index (χ4v) is 2.24. The van der Waals surface area contributed by atoms with Crippen molar-refractivity contribution in [1.29, 1.82) is 5.26 Å². The molecule has 0 bridgehead atoms. The van der Waals surface area contributed by atoms with E-state index in [1.165, 1.54) is 30.5 Å². The Morgan fingerprint density at radius 3 is 2.59 bits per heavy atom. The summed E-state index contributed by atoms with van der Waals surface area (Å²) < 4.78 is 53.0. The first kappa shape index (κ1) is 18.1. The molecule has 1 amide bonds. The van der Waals surface area contributed by atoms with Gasteiger partial charge in [-0.1, -0.05) is 0 Å². The number of nitriles is 1. The highest BCUT2D eigenvalue weighted by Gasteiger charge is 2.34. The van der Waals surface area contributed by atoms with Gasteiger partial charge < -0.3 is 5.32 Å². The highest BCUT2D eigenvalue weighted by Crippen LogP contribution is 2.33. The Bertz CT molecular complexity index is 1030. The number of aromatic nitrogens is 3. The maximum absolute atomic E-state index is 13.1. The van der Waals surface area contributed by atoms with Crippen LogP contribution in [0, 0.1) is 17.3 Å². The van der Waals surface area contributed by atoms with E-state index in [0.717, 1.165) is 29.1 Å². The fourth-order valence-electron chi connectivity index (χ4n) is 2.24. The lowest BCUT2D eigenvalue weighted by Crippen LogP contribution is -2.13. The molecule has 3 aromatic rings. The molecular weight excluding hydrogens is 366 g/mol. The van der Waals surface area contributed by atoms with Gasteiger partial charge in [0.2, 0.25) is 5.95 Å². The molecule has 0 saturated heterocycles. The molecule has 10 heteroatoms. The van der Waals surface area contributed by atoms with Crippen LogP contribution in [0.5, 0.6) is 0 Å². The Balaban J connectivity index is 1.86. The van der Waals surface area contributed by atoms with Crippen molar-refractivity contribution < 1.29 is 22.4 Å². The van der Waals surface area contributed by atoms with Gasteiger partial charge >= 0.3 is 6.18 Å². The Labute approximate surface area is 149 Å². The number of hydrogen-bond acceptors (Lipinski definition) is 4. The van der Waals surface area contributed by atoms with E-state index in [2.05, 4.69) is 15.4 Å². The zero-order valence-corrected chi connectivity index (χ0v) is 13.3. The quantitative estimate of drug-likeness (QED) is 0.561. The van der Waals surface area contributed by atoms with Crippen LogP contribution in [0.1, 0.15) is 21.6 Å². The van der Waals surface area contributed by atoms with Gasteiger partial charge in [-0.25, -0.2) is 9.67 Å². The predicted molar refractivity (Wildman–Crippen MR) is 85.4 cm³/mol. The topological polar surface area (TPSA) is 83.6 Å². The SMILES string of the molecule is N#Cc1ccc(-n2ccc(C(=O)Nc3ccc(F)nc3)n2)cc1C(F)(F)F. The summed E-state index contributed by atoms with van der Waals surface area (Å²) in [4.78, 5) is 15.5. The van der Waals surface area contributed by atoms with E-state index in [-0.39, 0.29) is 17.1 Å². The third-order valence-electron chi connectivity index (χ3n) is 3.50. The van der Waals surface area contributed by atoms with Gasteiger partial charge in [0.1, 0.15) is 0 Å². The highest BCUT2D eigenvalue weighted by atomic mass is 19.4. The average molecular weight is 375 g/mol. The molecule has 0 aliphatic carbocycles. The maximum atomic E-state index is 13.1. The summed E-state index contributed by atoms with van der Waals surface area (Å²) >= 11 is 0. The zero-order chi connectivity index (χ0) is 19.6. The molecule has 2 aromatic heterocycles. The maximum Gasteiger partial charge on any atom is 0.417 e. The van der Waals surface area contributed by atoms with Crippen molar-refractivity contribution in [1.82, 2.24) is 14.8 Å². The average Bonchev–Trinajstić information content (AvgIpc) is 3.12. The lowest BCUT2D eigenvalue weighted by atomic mass is 10.1. The number of amides is 1. The molecule has 2 heterocycles. The minimum Gasteiger partial charge on any atom is -0.319 e. The molecule has 0 aliphatic heterocycles. The number of nitrogens with one attached hydrogen (secondary N) is 1. The van der Waals surface area contributed by atoms with Gasteiger partial charge in [-0.15, -0.1) is 0 Å². The molecule has 1 N–H and O–H groups in total. The Morgan fingerprint density at radius 1 is 1.19 bits per heavy atom. The van der Waals surface area contributed by atoms with Crippen LogP contribution in [0.25, 0.3) is 5.69 Å². The van der Waals surface area contributed by atoms with E-state index < -0.39 is 29.2 Å². The van der Waals surface area contributed by atoms with E-state index in [9.17, 15) is 22.4 Å². The third-order valence-corrected chi connectivity index (χ3v) is 3.50. The van der Waals surface area contributed by atoms with Gasteiger partial charge in [0.05, 0.1) is 34.8 Å². The van der Waals surface area contributed by atoms with Crippen molar-refractivity contribution in [3.63, 3.8) is 0 Å². The first-order chi connectivity index (χ1) is 12.8. The number of carbonyl (C=O) groups is 1. The van der Waals surface area contributed by atoms with Crippen LogP contribution in [0.3, 0.4) is 0 Å². The molecule has 0 spiro atoms. The second-order valence-electron chi connectivity index (χ2n) is 5.31. The van der Waals surface area contributed by atoms with E-state index in [4.69, 9.17) is 5.26 Å². The minimum absolute atomic E-state index is 0.0313. The minimum atomic E-state index is -4.70.